The van der Waals surface area contributed by atoms with Crippen molar-refractivity contribution in [1.82, 2.24) is 0 Å². The number of aliphatic hydroxyl groups is 1. The zero-order valence-corrected chi connectivity index (χ0v) is 4.57. The zero-order valence-electron chi connectivity index (χ0n) is 4.57. The Bertz CT molecular complexity index is 195. The van der Waals surface area contributed by atoms with E-state index in [-0.39, 0.29) is 5.57 Å². The molecule has 4 heteroatoms. The predicted octanol–water partition coefficient (Wildman–Crippen LogP) is -0.763. The van der Waals surface area contributed by atoms with Crippen LogP contribution in [0.5, 0.6) is 0 Å². The van der Waals surface area contributed by atoms with E-state index in [0.29, 0.717) is 0 Å². The number of nitriles is 2. The summed E-state index contributed by atoms with van der Waals surface area (Å²) in [6.45, 7) is 0. The first-order chi connectivity index (χ1) is 4.26. The molecule has 1 unspecified atom stereocenters. The van der Waals surface area contributed by atoms with Crippen LogP contribution in [0.15, 0.2) is 11.8 Å². The molecular formula is C5H5N3O. The second-order valence-electron chi connectivity index (χ2n) is 1.27. The molecule has 0 bridgehead atoms. The summed E-state index contributed by atoms with van der Waals surface area (Å²) in [6, 6.07) is 3.02. The molecule has 0 radical (unpaired) electrons. The van der Waals surface area contributed by atoms with Gasteiger partial charge in [0, 0.05) is 6.20 Å². The second-order valence-corrected chi connectivity index (χ2v) is 1.27. The quantitative estimate of drug-likeness (QED) is 0.354. The minimum absolute atomic E-state index is 0.127. The van der Waals surface area contributed by atoms with Crippen LogP contribution in [0.2, 0.25) is 0 Å². The number of rotatable bonds is 1. The lowest BCUT2D eigenvalue weighted by Crippen LogP contribution is -2.06. The van der Waals surface area contributed by atoms with Crippen molar-refractivity contribution >= 4 is 0 Å². The van der Waals surface area contributed by atoms with Crippen molar-refractivity contribution in [2.75, 3.05) is 0 Å². The lowest BCUT2D eigenvalue weighted by molar-refractivity contribution is 0.270. The van der Waals surface area contributed by atoms with E-state index >= 15 is 0 Å². The van der Waals surface area contributed by atoms with E-state index in [0.717, 1.165) is 6.20 Å². The minimum atomic E-state index is -1.39. The van der Waals surface area contributed by atoms with Gasteiger partial charge in [0.2, 0.25) is 0 Å². The van der Waals surface area contributed by atoms with Crippen LogP contribution in [0, 0.1) is 22.7 Å². The van der Waals surface area contributed by atoms with Crippen LogP contribution < -0.4 is 5.73 Å². The van der Waals surface area contributed by atoms with Crippen LogP contribution in [0.3, 0.4) is 0 Å². The summed E-state index contributed by atoms with van der Waals surface area (Å²) in [5.41, 5.74) is 4.74. The van der Waals surface area contributed by atoms with Crippen LogP contribution in [-0.2, 0) is 0 Å². The third kappa shape index (κ3) is 1.81. The molecule has 0 aliphatic heterocycles. The highest BCUT2D eigenvalue weighted by Crippen LogP contribution is 1.95. The molecule has 0 heterocycles. The van der Waals surface area contributed by atoms with Gasteiger partial charge in [-0.3, -0.25) is 0 Å². The molecule has 3 N–H and O–H groups in total. The molecule has 0 fully saturated rings. The first-order valence-corrected chi connectivity index (χ1v) is 2.15. The van der Waals surface area contributed by atoms with Crippen molar-refractivity contribution in [1.29, 1.82) is 10.5 Å². The number of hydrogen-bond donors (Lipinski definition) is 2. The number of aliphatic hydroxyl groups excluding tert-OH is 1. The van der Waals surface area contributed by atoms with Crippen molar-refractivity contribution < 1.29 is 5.11 Å². The van der Waals surface area contributed by atoms with Crippen LogP contribution in [0.25, 0.3) is 0 Å². The van der Waals surface area contributed by atoms with E-state index in [4.69, 9.17) is 21.4 Å². The highest BCUT2D eigenvalue weighted by atomic mass is 16.3. The molecule has 46 valence electrons. The summed E-state index contributed by atoms with van der Waals surface area (Å²) in [7, 11) is 0. The standard InChI is InChI=1S/C5H5N3O/c6-1-4(2-7)5(9)3-8/h1,5,9H,6H2/b4-1-. The molecule has 9 heavy (non-hydrogen) atoms. The smallest absolute Gasteiger partial charge is 0.177 e. The Kier molecular flexibility index (Phi) is 2.89. The van der Waals surface area contributed by atoms with E-state index in [1.165, 1.54) is 6.07 Å². The maximum atomic E-state index is 8.59. The van der Waals surface area contributed by atoms with Gasteiger partial charge in [-0.1, -0.05) is 0 Å². The number of nitrogens with zero attached hydrogens (tertiary/aromatic N) is 2. The normalized spacial score (nSPS) is 13.4. The van der Waals surface area contributed by atoms with E-state index < -0.39 is 6.10 Å². The molecule has 0 aliphatic carbocycles. The molecule has 0 saturated carbocycles. The third-order valence-electron chi connectivity index (χ3n) is 0.726. The average Bonchev–Trinajstić information content (AvgIpc) is 1.90. The Hall–Kier alpha value is -1.52. The van der Waals surface area contributed by atoms with Crippen molar-refractivity contribution in [3.8, 4) is 12.1 Å². The Balaban J connectivity index is 4.23. The fourth-order valence-corrected chi connectivity index (χ4v) is 0.259. The lowest BCUT2D eigenvalue weighted by atomic mass is 10.2. The molecular weight excluding hydrogens is 118 g/mol. The SMILES string of the molecule is N#C/C(=C/N)C(O)C#N. The summed E-state index contributed by atoms with van der Waals surface area (Å²) < 4.78 is 0. The van der Waals surface area contributed by atoms with Gasteiger partial charge in [-0.25, -0.2) is 0 Å². The van der Waals surface area contributed by atoms with Crippen molar-refractivity contribution in [3.05, 3.63) is 11.8 Å². The second kappa shape index (κ2) is 3.48. The van der Waals surface area contributed by atoms with Crippen molar-refractivity contribution in [2.45, 2.75) is 6.10 Å². The maximum Gasteiger partial charge on any atom is 0.177 e. The largest absolute Gasteiger partial charge is 0.404 e. The molecule has 0 aliphatic rings. The van der Waals surface area contributed by atoms with E-state index in [1.807, 2.05) is 0 Å². The molecule has 0 aromatic carbocycles. The zero-order chi connectivity index (χ0) is 7.28. The average molecular weight is 123 g/mol. The van der Waals surface area contributed by atoms with Gasteiger partial charge >= 0.3 is 0 Å². The van der Waals surface area contributed by atoms with Gasteiger partial charge in [0.25, 0.3) is 0 Å². The Morgan fingerprint density at radius 2 is 2.22 bits per heavy atom. The Morgan fingerprint density at radius 3 is 2.33 bits per heavy atom. The molecule has 0 spiro atoms. The first kappa shape index (κ1) is 7.48. The Morgan fingerprint density at radius 1 is 1.67 bits per heavy atom. The van der Waals surface area contributed by atoms with E-state index in [1.54, 1.807) is 6.07 Å². The predicted molar refractivity (Wildman–Crippen MR) is 29.5 cm³/mol. The molecule has 0 amide bonds. The third-order valence-corrected chi connectivity index (χ3v) is 0.726. The van der Waals surface area contributed by atoms with Crippen LogP contribution in [-0.4, -0.2) is 11.2 Å². The topological polar surface area (TPSA) is 93.8 Å². The van der Waals surface area contributed by atoms with Gasteiger partial charge in [-0.05, 0) is 0 Å². The van der Waals surface area contributed by atoms with Gasteiger partial charge in [-0.2, -0.15) is 10.5 Å². The van der Waals surface area contributed by atoms with Gasteiger partial charge in [0.05, 0.1) is 11.6 Å². The molecule has 0 aromatic rings. The fourth-order valence-electron chi connectivity index (χ4n) is 0.259. The van der Waals surface area contributed by atoms with Gasteiger partial charge in [0.1, 0.15) is 6.07 Å². The number of hydrogen-bond acceptors (Lipinski definition) is 4. The lowest BCUT2D eigenvalue weighted by Gasteiger charge is -1.93. The van der Waals surface area contributed by atoms with Crippen molar-refractivity contribution in [3.63, 3.8) is 0 Å². The van der Waals surface area contributed by atoms with E-state index in [9.17, 15) is 0 Å². The molecule has 0 saturated heterocycles. The summed E-state index contributed by atoms with van der Waals surface area (Å²) in [5, 5.41) is 24.7. The van der Waals surface area contributed by atoms with Gasteiger partial charge in [-0.15, -0.1) is 0 Å². The minimum Gasteiger partial charge on any atom is -0.404 e. The summed E-state index contributed by atoms with van der Waals surface area (Å²) in [4.78, 5) is 0. The molecule has 0 aromatic heterocycles. The number of nitrogens with two attached hydrogens (primary N) is 1. The molecule has 0 rings (SSSR count). The van der Waals surface area contributed by atoms with Gasteiger partial charge in [0.15, 0.2) is 6.10 Å². The highest BCUT2D eigenvalue weighted by Gasteiger charge is 2.05. The molecule has 4 nitrogen and oxygen atoms in total. The highest BCUT2D eigenvalue weighted by molar-refractivity contribution is 5.28. The first-order valence-electron chi connectivity index (χ1n) is 2.15. The van der Waals surface area contributed by atoms with Crippen LogP contribution in [0.1, 0.15) is 0 Å². The Labute approximate surface area is 52.4 Å². The molecule has 1 atom stereocenters. The maximum absolute atomic E-state index is 8.59. The van der Waals surface area contributed by atoms with Crippen molar-refractivity contribution in [2.24, 2.45) is 5.73 Å². The van der Waals surface area contributed by atoms with E-state index in [2.05, 4.69) is 0 Å². The summed E-state index contributed by atoms with van der Waals surface area (Å²) >= 11 is 0. The van der Waals surface area contributed by atoms with Gasteiger partial charge < -0.3 is 10.8 Å². The summed E-state index contributed by atoms with van der Waals surface area (Å²) in [6.07, 6.45) is -0.478. The van der Waals surface area contributed by atoms with Crippen LogP contribution >= 0.6 is 0 Å². The monoisotopic (exact) mass is 123 g/mol. The fraction of sp³-hybridized carbons (Fsp3) is 0.200. The van der Waals surface area contributed by atoms with Crippen LogP contribution in [0.4, 0.5) is 0 Å². The summed E-state index contributed by atoms with van der Waals surface area (Å²) in [5.74, 6) is 0.